The average molecular weight is 205 g/mol. The number of fused-ring (bicyclic) bond motifs is 1. The van der Waals surface area contributed by atoms with Gasteiger partial charge in [-0.2, -0.15) is 0 Å². The van der Waals surface area contributed by atoms with Crippen molar-refractivity contribution in [1.29, 1.82) is 0 Å². The minimum absolute atomic E-state index is 0.274. The molecule has 2 aromatic rings. The molecule has 0 aliphatic rings. The number of methoxy groups -OCH3 is 1. The van der Waals surface area contributed by atoms with E-state index in [0.29, 0.717) is 0 Å². The average Bonchev–Trinajstić information content (AvgIpc) is 2.68. The predicted octanol–water partition coefficient (Wildman–Crippen LogP) is 1.93. The first kappa shape index (κ1) is 10.1. The molecule has 80 valence electrons. The van der Waals surface area contributed by atoms with E-state index in [1.54, 1.807) is 19.5 Å². The molecule has 2 aromatic heterocycles. The molecule has 15 heavy (non-hydrogen) atoms. The van der Waals surface area contributed by atoms with Gasteiger partial charge in [0.25, 0.3) is 0 Å². The van der Waals surface area contributed by atoms with Crippen molar-refractivity contribution in [3.05, 3.63) is 24.3 Å². The Hall–Kier alpha value is -1.42. The summed E-state index contributed by atoms with van der Waals surface area (Å²) in [6, 6.07) is 1.91. The van der Waals surface area contributed by atoms with E-state index in [0.717, 1.165) is 29.7 Å². The van der Waals surface area contributed by atoms with E-state index in [9.17, 15) is 0 Å². The van der Waals surface area contributed by atoms with Crippen LogP contribution in [0.4, 0.5) is 0 Å². The molecule has 0 aliphatic heterocycles. The van der Waals surface area contributed by atoms with Crippen LogP contribution >= 0.6 is 0 Å². The van der Waals surface area contributed by atoms with Gasteiger partial charge in [-0.05, 0) is 19.4 Å². The lowest BCUT2D eigenvalue weighted by atomic mass is 10.2. The van der Waals surface area contributed by atoms with E-state index < -0.39 is 0 Å². The van der Waals surface area contributed by atoms with Gasteiger partial charge in [0.1, 0.15) is 5.82 Å². The molecule has 1 unspecified atom stereocenters. The molecule has 4 nitrogen and oxygen atoms in total. The van der Waals surface area contributed by atoms with Gasteiger partial charge in [-0.3, -0.25) is 4.98 Å². The molecular formula is C11H15N3O. The topological polar surface area (TPSA) is 50.8 Å². The summed E-state index contributed by atoms with van der Waals surface area (Å²) >= 11 is 0. The number of aryl methyl sites for hydroxylation is 1. The number of nitrogens with zero attached hydrogens (tertiary/aromatic N) is 2. The highest BCUT2D eigenvalue weighted by molar-refractivity contribution is 5.73. The number of imidazole rings is 1. The number of pyridine rings is 1. The maximum atomic E-state index is 5.19. The Morgan fingerprint density at radius 3 is 3.13 bits per heavy atom. The Labute approximate surface area is 88.7 Å². The van der Waals surface area contributed by atoms with Gasteiger partial charge in [0.05, 0.1) is 23.3 Å². The second kappa shape index (κ2) is 4.40. The number of aromatic nitrogens is 3. The van der Waals surface area contributed by atoms with Gasteiger partial charge < -0.3 is 9.72 Å². The maximum absolute atomic E-state index is 5.19. The lowest BCUT2D eigenvalue weighted by molar-refractivity contribution is 0.111. The molecule has 0 aliphatic carbocycles. The van der Waals surface area contributed by atoms with Gasteiger partial charge in [0.15, 0.2) is 0 Å². The van der Waals surface area contributed by atoms with Crippen LogP contribution in [0.25, 0.3) is 11.0 Å². The number of ether oxygens (including phenoxy) is 1. The second-order valence-electron chi connectivity index (χ2n) is 3.66. The number of H-pyrrole nitrogens is 1. The Morgan fingerprint density at radius 1 is 1.53 bits per heavy atom. The third-order valence-electron chi connectivity index (χ3n) is 2.52. The van der Waals surface area contributed by atoms with E-state index >= 15 is 0 Å². The second-order valence-corrected chi connectivity index (χ2v) is 3.66. The minimum atomic E-state index is 0.274. The zero-order valence-corrected chi connectivity index (χ0v) is 9.03. The summed E-state index contributed by atoms with van der Waals surface area (Å²) in [5.41, 5.74) is 1.97. The number of rotatable bonds is 4. The van der Waals surface area contributed by atoms with Crippen molar-refractivity contribution in [2.24, 2.45) is 0 Å². The molecule has 0 aromatic carbocycles. The van der Waals surface area contributed by atoms with E-state index in [2.05, 4.69) is 21.9 Å². The summed E-state index contributed by atoms with van der Waals surface area (Å²) in [6.07, 6.45) is 5.71. The van der Waals surface area contributed by atoms with Crippen LogP contribution in [0.1, 0.15) is 19.2 Å². The quantitative estimate of drug-likeness (QED) is 0.829. The first-order chi connectivity index (χ1) is 7.29. The highest BCUT2D eigenvalue weighted by Crippen LogP contribution is 2.11. The monoisotopic (exact) mass is 205 g/mol. The molecule has 0 amide bonds. The van der Waals surface area contributed by atoms with Gasteiger partial charge in [-0.25, -0.2) is 4.98 Å². The van der Waals surface area contributed by atoms with Crippen molar-refractivity contribution in [2.75, 3.05) is 7.11 Å². The normalized spacial score (nSPS) is 13.2. The fraction of sp³-hybridized carbons (Fsp3) is 0.455. The Bertz CT molecular complexity index is 405. The molecule has 0 bridgehead atoms. The molecule has 2 rings (SSSR count). The Balaban J connectivity index is 2.09. The Kier molecular flexibility index (Phi) is 2.97. The lowest BCUT2D eigenvalue weighted by Gasteiger charge is -2.06. The maximum Gasteiger partial charge on any atom is 0.107 e. The summed E-state index contributed by atoms with van der Waals surface area (Å²) in [7, 11) is 1.73. The first-order valence-electron chi connectivity index (χ1n) is 5.11. The SMILES string of the molecule is COC(C)CCc1nc2ccncc2[nH]1. The van der Waals surface area contributed by atoms with Crippen LogP contribution in [-0.4, -0.2) is 28.2 Å². The highest BCUT2D eigenvalue weighted by atomic mass is 16.5. The molecule has 4 heteroatoms. The van der Waals surface area contributed by atoms with Crippen LogP contribution in [0.5, 0.6) is 0 Å². The van der Waals surface area contributed by atoms with Gasteiger partial charge in [0.2, 0.25) is 0 Å². The van der Waals surface area contributed by atoms with Crippen LogP contribution in [0.15, 0.2) is 18.5 Å². The lowest BCUT2D eigenvalue weighted by Crippen LogP contribution is -2.06. The van der Waals surface area contributed by atoms with E-state index in [1.165, 1.54) is 0 Å². The zero-order chi connectivity index (χ0) is 10.7. The van der Waals surface area contributed by atoms with Crippen molar-refractivity contribution in [2.45, 2.75) is 25.9 Å². The molecule has 0 radical (unpaired) electrons. The zero-order valence-electron chi connectivity index (χ0n) is 9.03. The van der Waals surface area contributed by atoms with Gasteiger partial charge in [0, 0.05) is 19.7 Å². The molecule has 0 saturated carbocycles. The summed E-state index contributed by atoms with van der Waals surface area (Å²) < 4.78 is 5.19. The minimum Gasteiger partial charge on any atom is -0.382 e. The van der Waals surface area contributed by atoms with Crippen LogP contribution in [-0.2, 0) is 11.2 Å². The molecule has 0 saturated heterocycles. The fourth-order valence-electron chi connectivity index (χ4n) is 1.49. The van der Waals surface area contributed by atoms with Gasteiger partial charge in [-0.1, -0.05) is 0 Å². The van der Waals surface area contributed by atoms with Crippen molar-refractivity contribution >= 4 is 11.0 Å². The van der Waals surface area contributed by atoms with Crippen molar-refractivity contribution in [1.82, 2.24) is 15.0 Å². The third-order valence-corrected chi connectivity index (χ3v) is 2.52. The van der Waals surface area contributed by atoms with Gasteiger partial charge >= 0.3 is 0 Å². The van der Waals surface area contributed by atoms with E-state index in [4.69, 9.17) is 4.74 Å². The number of hydrogen-bond donors (Lipinski definition) is 1. The molecule has 1 atom stereocenters. The van der Waals surface area contributed by atoms with Crippen LogP contribution in [0.3, 0.4) is 0 Å². The summed E-state index contributed by atoms with van der Waals surface area (Å²) in [5, 5.41) is 0. The first-order valence-corrected chi connectivity index (χ1v) is 5.11. The fourth-order valence-corrected chi connectivity index (χ4v) is 1.49. The summed E-state index contributed by atoms with van der Waals surface area (Å²) in [4.78, 5) is 11.8. The molecule has 1 N–H and O–H groups in total. The van der Waals surface area contributed by atoms with Crippen molar-refractivity contribution in [3.63, 3.8) is 0 Å². The number of hydrogen-bond acceptors (Lipinski definition) is 3. The van der Waals surface area contributed by atoms with Gasteiger partial charge in [-0.15, -0.1) is 0 Å². The summed E-state index contributed by atoms with van der Waals surface area (Å²) in [6.45, 7) is 2.06. The van der Waals surface area contributed by atoms with Crippen LogP contribution in [0, 0.1) is 0 Å². The highest BCUT2D eigenvalue weighted by Gasteiger charge is 2.04. The van der Waals surface area contributed by atoms with Crippen molar-refractivity contribution < 1.29 is 4.74 Å². The van der Waals surface area contributed by atoms with Crippen LogP contribution < -0.4 is 0 Å². The molecule has 0 spiro atoms. The van der Waals surface area contributed by atoms with Crippen LogP contribution in [0.2, 0.25) is 0 Å². The van der Waals surface area contributed by atoms with E-state index in [-0.39, 0.29) is 6.10 Å². The standard InChI is InChI=1S/C11H15N3O/c1-8(15-2)3-4-11-13-9-5-6-12-7-10(9)14-11/h5-8H,3-4H2,1-2H3,(H,13,14). The Morgan fingerprint density at radius 2 is 2.40 bits per heavy atom. The third kappa shape index (κ3) is 2.33. The summed E-state index contributed by atoms with van der Waals surface area (Å²) in [5.74, 6) is 1.00. The number of aromatic amines is 1. The number of nitrogens with one attached hydrogen (secondary N) is 1. The van der Waals surface area contributed by atoms with Crippen molar-refractivity contribution in [3.8, 4) is 0 Å². The molecule has 2 heterocycles. The smallest absolute Gasteiger partial charge is 0.107 e. The molecular weight excluding hydrogens is 190 g/mol. The molecule has 0 fully saturated rings. The largest absolute Gasteiger partial charge is 0.382 e. The predicted molar refractivity (Wildman–Crippen MR) is 58.7 cm³/mol. The van der Waals surface area contributed by atoms with E-state index in [1.807, 2.05) is 6.07 Å².